The van der Waals surface area contributed by atoms with Gasteiger partial charge in [0, 0.05) is 56.6 Å². The number of hydrogen-bond donors (Lipinski definition) is 1. The normalized spacial score (nSPS) is 16.1. The van der Waals surface area contributed by atoms with E-state index in [4.69, 9.17) is 20.5 Å². The molecule has 4 rings (SSSR count). The van der Waals surface area contributed by atoms with Crippen molar-refractivity contribution in [2.45, 2.75) is 18.8 Å². The Hall–Kier alpha value is -1.69. The second-order valence-corrected chi connectivity index (χ2v) is 9.01. The number of aromatic amines is 1. The van der Waals surface area contributed by atoms with Gasteiger partial charge >= 0.3 is 0 Å². The second-order valence-electron chi connectivity index (χ2n) is 7.16. The number of nitrogens with zero attached hydrogens (tertiary/aromatic N) is 1. The first-order valence-corrected chi connectivity index (χ1v) is 13.0. The van der Waals surface area contributed by atoms with Crippen LogP contribution in [0.3, 0.4) is 0 Å². The average Bonchev–Trinajstić information content (AvgIpc) is 3.12. The van der Waals surface area contributed by atoms with Crippen molar-refractivity contribution in [2.75, 3.05) is 13.2 Å². The molecule has 0 fully saturated rings. The lowest BCUT2D eigenvalue weighted by atomic mass is 9.92. The van der Waals surface area contributed by atoms with Gasteiger partial charge in [0.05, 0.1) is 39.1 Å². The van der Waals surface area contributed by atoms with Crippen molar-refractivity contribution in [1.82, 2.24) is 9.97 Å². The lowest BCUT2D eigenvalue weighted by molar-refractivity contribution is 0.337. The summed E-state index contributed by atoms with van der Waals surface area (Å²) in [5, 5.41) is -0.209. The molecule has 2 atom stereocenters. The first-order chi connectivity index (χ1) is 14.9. The molecule has 2 aromatic heterocycles. The van der Waals surface area contributed by atoms with Crippen molar-refractivity contribution >= 4 is 42.0 Å². The number of pyridine rings is 2. The highest BCUT2D eigenvalue weighted by Gasteiger charge is 2.30. The number of hydrogen-bond acceptors (Lipinski definition) is 5. The van der Waals surface area contributed by atoms with Crippen LogP contribution < -0.4 is 10.3 Å². The summed E-state index contributed by atoms with van der Waals surface area (Å²) in [6.45, 7) is 2.65. The standard InChI is InChI=1S/C21H16ClF2IN2O3S/c1-10-8-29-21-12(10)6-18(14(9-30-31-25)11-2-3-26-19(28)4-11)27-20(21)13-5-15(22)17(24)7-16(13)23/h2-7,10,14H,8-9H2,1H3,(H,26,28). The van der Waals surface area contributed by atoms with Crippen molar-refractivity contribution < 1.29 is 17.7 Å². The summed E-state index contributed by atoms with van der Waals surface area (Å²) in [6, 6.07) is 7.10. The summed E-state index contributed by atoms with van der Waals surface area (Å²) < 4.78 is 39.8. The van der Waals surface area contributed by atoms with E-state index in [9.17, 15) is 13.6 Å². The van der Waals surface area contributed by atoms with E-state index in [1.807, 2.05) is 34.2 Å². The van der Waals surface area contributed by atoms with Crippen LogP contribution in [0.4, 0.5) is 8.78 Å². The first kappa shape index (κ1) is 22.5. The maximum atomic E-state index is 14.7. The van der Waals surface area contributed by atoms with Crippen LogP contribution in [0.5, 0.6) is 5.75 Å². The van der Waals surface area contributed by atoms with Gasteiger partial charge in [-0.2, -0.15) is 0 Å². The first-order valence-electron chi connectivity index (χ1n) is 9.30. The van der Waals surface area contributed by atoms with Crippen LogP contribution in [0.25, 0.3) is 11.3 Å². The quantitative estimate of drug-likeness (QED) is 0.221. The summed E-state index contributed by atoms with van der Waals surface area (Å²) in [5.74, 6) is -1.52. The molecule has 2 unspecified atom stereocenters. The van der Waals surface area contributed by atoms with Gasteiger partial charge in [-0.05, 0) is 23.8 Å². The van der Waals surface area contributed by atoms with Crippen LogP contribution in [0, 0.1) is 11.6 Å². The molecule has 0 bridgehead atoms. The maximum absolute atomic E-state index is 14.7. The third kappa shape index (κ3) is 4.59. The predicted molar refractivity (Wildman–Crippen MR) is 125 cm³/mol. The average molecular weight is 577 g/mol. The minimum atomic E-state index is -0.848. The zero-order valence-electron chi connectivity index (χ0n) is 16.1. The van der Waals surface area contributed by atoms with E-state index < -0.39 is 11.6 Å². The van der Waals surface area contributed by atoms with Crippen LogP contribution in [-0.4, -0.2) is 23.2 Å². The molecule has 1 aliphatic heterocycles. The van der Waals surface area contributed by atoms with Gasteiger partial charge in [0.25, 0.3) is 0 Å². The number of aromatic nitrogens is 2. The molecule has 0 aliphatic carbocycles. The highest BCUT2D eigenvalue weighted by Crippen LogP contribution is 2.44. The van der Waals surface area contributed by atoms with Gasteiger partial charge in [-0.1, -0.05) is 18.5 Å². The Balaban J connectivity index is 1.92. The van der Waals surface area contributed by atoms with E-state index in [0.717, 1.165) is 11.6 Å². The molecule has 1 N–H and O–H groups in total. The van der Waals surface area contributed by atoms with Gasteiger partial charge in [0.1, 0.15) is 23.1 Å². The monoisotopic (exact) mass is 576 g/mol. The lowest BCUT2D eigenvalue weighted by Crippen LogP contribution is -2.14. The van der Waals surface area contributed by atoms with Crippen molar-refractivity contribution in [3.8, 4) is 17.0 Å². The number of halogens is 4. The minimum absolute atomic E-state index is 0.0486. The molecular formula is C21H16ClF2IN2O3S. The second kappa shape index (κ2) is 9.43. The smallest absolute Gasteiger partial charge is 0.248 e. The minimum Gasteiger partial charge on any atom is -0.490 e. The molecule has 10 heteroatoms. The van der Waals surface area contributed by atoms with E-state index in [2.05, 4.69) is 9.97 Å². The molecule has 3 aromatic rings. The summed E-state index contributed by atoms with van der Waals surface area (Å²) >= 11 is 7.94. The SMILES string of the molecule is CC1COc2c1cc(C(COSI)c1cc[nH]c(=O)c1)nc2-c1cc(Cl)c(F)cc1F. The van der Waals surface area contributed by atoms with Crippen LogP contribution >= 0.6 is 42.0 Å². The lowest BCUT2D eigenvalue weighted by Gasteiger charge is -2.19. The van der Waals surface area contributed by atoms with Gasteiger partial charge < -0.3 is 13.9 Å². The molecule has 0 spiro atoms. The van der Waals surface area contributed by atoms with Crippen molar-refractivity contribution in [1.29, 1.82) is 0 Å². The van der Waals surface area contributed by atoms with Crippen molar-refractivity contribution in [3.63, 3.8) is 0 Å². The largest absolute Gasteiger partial charge is 0.490 e. The molecule has 0 radical (unpaired) electrons. The third-order valence-corrected chi connectivity index (χ3v) is 6.41. The fourth-order valence-corrected chi connectivity index (χ4v) is 4.37. The highest BCUT2D eigenvalue weighted by molar-refractivity contribution is 14.2. The molecule has 3 heterocycles. The van der Waals surface area contributed by atoms with Crippen LogP contribution in [0.2, 0.25) is 5.02 Å². The van der Waals surface area contributed by atoms with Crippen LogP contribution in [0.15, 0.2) is 41.3 Å². The molecule has 0 amide bonds. The van der Waals surface area contributed by atoms with E-state index in [0.29, 0.717) is 23.6 Å². The number of nitrogens with one attached hydrogen (secondary N) is 1. The molecular weight excluding hydrogens is 561 g/mol. The Labute approximate surface area is 198 Å². The van der Waals surface area contributed by atoms with Gasteiger partial charge in [0.15, 0.2) is 0 Å². The topological polar surface area (TPSA) is 64.2 Å². The van der Waals surface area contributed by atoms with E-state index in [-0.39, 0.29) is 40.3 Å². The van der Waals surface area contributed by atoms with Gasteiger partial charge in [0.2, 0.25) is 5.56 Å². The van der Waals surface area contributed by atoms with Gasteiger partial charge in [-0.15, -0.1) is 0 Å². The maximum Gasteiger partial charge on any atom is 0.248 e. The van der Waals surface area contributed by atoms with Crippen LogP contribution in [0.1, 0.15) is 35.6 Å². The fourth-order valence-electron chi connectivity index (χ4n) is 3.58. The zero-order valence-corrected chi connectivity index (χ0v) is 19.9. The molecule has 1 aromatic carbocycles. The Morgan fingerprint density at radius 3 is 2.90 bits per heavy atom. The van der Waals surface area contributed by atoms with Crippen LogP contribution in [-0.2, 0) is 4.18 Å². The molecule has 1 aliphatic rings. The van der Waals surface area contributed by atoms with Crippen molar-refractivity contribution in [3.05, 3.63) is 80.4 Å². The number of rotatable bonds is 6. The van der Waals surface area contributed by atoms with E-state index in [1.54, 1.807) is 12.3 Å². The van der Waals surface area contributed by atoms with E-state index in [1.165, 1.54) is 21.3 Å². The molecule has 5 nitrogen and oxygen atoms in total. The molecule has 0 saturated carbocycles. The summed E-state index contributed by atoms with van der Waals surface area (Å²) in [4.78, 5) is 19.2. The third-order valence-electron chi connectivity index (χ3n) is 5.13. The molecule has 162 valence electrons. The van der Waals surface area contributed by atoms with Crippen molar-refractivity contribution in [2.24, 2.45) is 0 Å². The van der Waals surface area contributed by atoms with E-state index >= 15 is 0 Å². The Kier molecular flexibility index (Phi) is 6.85. The number of H-pyrrole nitrogens is 1. The predicted octanol–water partition coefficient (Wildman–Crippen LogP) is 6.01. The Morgan fingerprint density at radius 2 is 2.16 bits per heavy atom. The molecule has 31 heavy (non-hydrogen) atoms. The Bertz CT molecular complexity index is 1190. The zero-order chi connectivity index (χ0) is 22.1. The number of benzene rings is 1. The summed E-state index contributed by atoms with van der Waals surface area (Å²) in [7, 11) is 1.17. The summed E-state index contributed by atoms with van der Waals surface area (Å²) in [5.41, 5.74) is 2.19. The number of fused-ring (bicyclic) bond motifs is 1. The Morgan fingerprint density at radius 1 is 1.35 bits per heavy atom. The van der Waals surface area contributed by atoms with Gasteiger partial charge in [-0.25, -0.2) is 13.8 Å². The number of ether oxygens (including phenoxy) is 1. The summed E-state index contributed by atoms with van der Waals surface area (Å²) in [6.07, 6.45) is 1.56. The van der Waals surface area contributed by atoms with Gasteiger partial charge in [-0.3, -0.25) is 4.79 Å². The molecule has 0 saturated heterocycles. The highest BCUT2D eigenvalue weighted by atomic mass is 127. The fraction of sp³-hybridized carbons (Fsp3) is 0.238.